The van der Waals surface area contributed by atoms with Crippen LogP contribution in [0.15, 0.2) is 0 Å². The first kappa shape index (κ1) is 13.9. The summed E-state index contributed by atoms with van der Waals surface area (Å²) in [6, 6.07) is 0. The number of nitrogens with two attached hydrogens (primary N) is 1. The van der Waals surface area contributed by atoms with Gasteiger partial charge in [0.2, 0.25) is 5.91 Å². The molecule has 2 rings (SSSR count). The lowest BCUT2D eigenvalue weighted by Crippen LogP contribution is -2.50. The third kappa shape index (κ3) is 2.87. The summed E-state index contributed by atoms with van der Waals surface area (Å²) in [7, 11) is 0. The van der Waals surface area contributed by atoms with Gasteiger partial charge in [-0.25, -0.2) is 0 Å². The highest BCUT2D eigenvalue weighted by Crippen LogP contribution is 2.34. The Morgan fingerprint density at radius 3 is 2.56 bits per heavy atom. The Morgan fingerprint density at radius 2 is 2.06 bits per heavy atom. The van der Waals surface area contributed by atoms with Crippen LogP contribution in [0.2, 0.25) is 0 Å². The minimum Gasteiger partial charge on any atom is -0.342 e. The molecule has 2 fully saturated rings. The largest absolute Gasteiger partial charge is 0.342 e. The lowest BCUT2D eigenvalue weighted by atomic mass is 9.75. The average molecular weight is 252 g/mol. The number of carbonyl (C=O) groups excluding carboxylic acids is 1. The lowest BCUT2D eigenvalue weighted by Gasteiger charge is -2.38. The topological polar surface area (TPSA) is 46.3 Å². The smallest absolute Gasteiger partial charge is 0.224 e. The molecule has 2 N–H and O–H groups in total. The molecule has 1 saturated heterocycles. The van der Waals surface area contributed by atoms with Gasteiger partial charge in [-0.2, -0.15) is 0 Å². The highest BCUT2D eigenvalue weighted by Gasteiger charge is 2.38. The molecule has 3 heteroatoms. The van der Waals surface area contributed by atoms with Crippen LogP contribution in [0.3, 0.4) is 0 Å². The number of amides is 1. The van der Waals surface area contributed by atoms with Crippen LogP contribution in [-0.4, -0.2) is 29.4 Å². The van der Waals surface area contributed by atoms with Gasteiger partial charge in [-0.05, 0) is 37.5 Å². The molecule has 1 atom stereocenters. The first-order chi connectivity index (χ1) is 8.58. The normalized spacial score (nSPS) is 26.4. The molecule has 1 heterocycles. The maximum absolute atomic E-state index is 12.2. The second-order valence-corrected chi connectivity index (χ2v) is 6.36. The van der Waals surface area contributed by atoms with E-state index in [1.807, 2.05) is 0 Å². The molecule has 0 aromatic carbocycles. The second kappa shape index (κ2) is 5.60. The van der Waals surface area contributed by atoms with Crippen molar-refractivity contribution in [2.45, 2.75) is 64.3 Å². The van der Waals surface area contributed by atoms with Crippen molar-refractivity contribution >= 4 is 5.91 Å². The zero-order valence-corrected chi connectivity index (χ0v) is 12.0. The van der Waals surface area contributed by atoms with Gasteiger partial charge < -0.3 is 10.6 Å². The predicted molar refractivity (Wildman–Crippen MR) is 74.1 cm³/mol. The summed E-state index contributed by atoms with van der Waals surface area (Å²) in [5, 5.41) is 0. The van der Waals surface area contributed by atoms with Gasteiger partial charge in [-0.3, -0.25) is 4.79 Å². The summed E-state index contributed by atoms with van der Waals surface area (Å²) < 4.78 is 0. The Balaban J connectivity index is 1.82. The van der Waals surface area contributed by atoms with E-state index in [0.29, 0.717) is 12.3 Å². The monoisotopic (exact) mass is 252 g/mol. The summed E-state index contributed by atoms with van der Waals surface area (Å²) in [6.45, 7) is 6.46. The van der Waals surface area contributed by atoms with Gasteiger partial charge in [-0.15, -0.1) is 0 Å². The average Bonchev–Trinajstić information content (AvgIpc) is 2.78. The second-order valence-electron chi connectivity index (χ2n) is 6.36. The number of nitrogens with zero attached hydrogens (tertiary/aromatic N) is 1. The van der Waals surface area contributed by atoms with Gasteiger partial charge in [0.15, 0.2) is 0 Å². The van der Waals surface area contributed by atoms with Gasteiger partial charge in [-0.1, -0.05) is 26.7 Å². The van der Waals surface area contributed by atoms with Crippen molar-refractivity contribution in [2.75, 3.05) is 13.1 Å². The van der Waals surface area contributed by atoms with Crippen molar-refractivity contribution in [3.63, 3.8) is 0 Å². The maximum atomic E-state index is 12.2. The Bertz CT molecular complexity index is 295. The molecular weight excluding hydrogens is 224 g/mol. The molecule has 0 aromatic rings. The number of carbonyl (C=O) groups is 1. The molecule has 104 valence electrons. The van der Waals surface area contributed by atoms with Crippen LogP contribution in [0.25, 0.3) is 0 Å². The molecule has 3 nitrogen and oxygen atoms in total. The number of likely N-dealkylation sites (tertiary alicyclic amines) is 1. The van der Waals surface area contributed by atoms with E-state index in [-0.39, 0.29) is 5.54 Å². The summed E-state index contributed by atoms with van der Waals surface area (Å²) in [5.74, 6) is 1.81. The van der Waals surface area contributed by atoms with E-state index in [1.165, 1.54) is 25.7 Å². The van der Waals surface area contributed by atoms with Crippen LogP contribution in [0.1, 0.15) is 58.8 Å². The minimum atomic E-state index is -0.163. The van der Waals surface area contributed by atoms with Crippen molar-refractivity contribution in [1.82, 2.24) is 4.90 Å². The molecule has 0 bridgehead atoms. The van der Waals surface area contributed by atoms with E-state index in [1.54, 1.807) is 0 Å². The van der Waals surface area contributed by atoms with Gasteiger partial charge in [0.05, 0.1) is 0 Å². The summed E-state index contributed by atoms with van der Waals surface area (Å²) in [4.78, 5) is 14.3. The van der Waals surface area contributed by atoms with Crippen LogP contribution >= 0.6 is 0 Å². The molecule has 1 aliphatic carbocycles. The van der Waals surface area contributed by atoms with Crippen molar-refractivity contribution in [2.24, 2.45) is 17.6 Å². The van der Waals surface area contributed by atoms with Crippen LogP contribution in [0.5, 0.6) is 0 Å². The van der Waals surface area contributed by atoms with Crippen LogP contribution < -0.4 is 5.73 Å². The van der Waals surface area contributed by atoms with Gasteiger partial charge >= 0.3 is 0 Å². The Kier molecular flexibility index (Phi) is 4.31. The quantitative estimate of drug-likeness (QED) is 0.817. The molecule has 1 aliphatic heterocycles. The summed E-state index contributed by atoms with van der Waals surface area (Å²) in [5.41, 5.74) is 6.01. The third-order valence-electron chi connectivity index (χ3n) is 5.15. The fraction of sp³-hybridized carbons (Fsp3) is 0.933. The Labute approximate surface area is 111 Å². The maximum Gasteiger partial charge on any atom is 0.224 e. The highest BCUT2D eigenvalue weighted by molar-refractivity contribution is 5.77. The Morgan fingerprint density at radius 1 is 1.39 bits per heavy atom. The molecule has 18 heavy (non-hydrogen) atoms. The zero-order chi connectivity index (χ0) is 13.2. The van der Waals surface area contributed by atoms with E-state index in [2.05, 4.69) is 18.7 Å². The van der Waals surface area contributed by atoms with Crippen LogP contribution in [0, 0.1) is 11.8 Å². The van der Waals surface area contributed by atoms with E-state index in [9.17, 15) is 4.79 Å². The highest BCUT2D eigenvalue weighted by atomic mass is 16.2. The number of hydrogen-bond acceptors (Lipinski definition) is 2. The SMILES string of the molecule is CCC(CC)C1CCN(C(=O)CC2(N)CCC2)C1. The predicted octanol–water partition coefficient (Wildman–Crippen LogP) is 2.54. The molecule has 0 radical (unpaired) electrons. The molecule has 0 aromatic heterocycles. The van der Waals surface area contributed by atoms with E-state index in [0.717, 1.165) is 37.8 Å². The number of rotatable bonds is 5. The minimum absolute atomic E-state index is 0.163. The van der Waals surface area contributed by atoms with E-state index >= 15 is 0 Å². The van der Waals surface area contributed by atoms with E-state index in [4.69, 9.17) is 5.73 Å². The molecule has 0 spiro atoms. The summed E-state index contributed by atoms with van der Waals surface area (Å²) >= 11 is 0. The first-order valence-corrected chi connectivity index (χ1v) is 7.64. The van der Waals surface area contributed by atoms with Crippen LogP contribution in [-0.2, 0) is 4.79 Å². The molecule has 1 unspecified atom stereocenters. The van der Waals surface area contributed by atoms with Crippen molar-refractivity contribution in [1.29, 1.82) is 0 Å². The third-order valence-corrected chi connectivity index (χ3v) is 5.15. The first-order valence-electron chi connectivity index (χ1n) is 7.64. The molecular formula is C15H28N2O. The van der Waals surface area contributed by atoms with Crippen LogP contribution in [0.4, 0.5) is 0 Å². The Hall–Kier alpha value is -0.570. The lowest BCUT2D eigenvalue weighted by molar-refractivity contribution is -0.132. The molecule has 1 saturated carbocycles. The van der Waals surface area contributed by atoms with Crippen molar-refractivity contribution in [3.8, 4) is 0 Å². The fourth-order valence-electron chi connectivity index (χ4n) is 3.57. The van der Waals surface area contributed by atoms with Gasteiger partial charge in [0.1, 0.15) is 0 Å². The van der Waals surface area contributed by atoms with Crippen molar-refractivity contribution in [3.05, 3.63) is 0 Å². The molecule has 1 amide bonds. The molecule has 2 aliphatic rings. The van der Waals surface area contributed by atoms with E-state index < -0.39 is 0 Å². The zero-order valence-electron chi connectivity index (χ0n) is 12.0. The summed E-state index contributed by atoms with van der Waals surface area (Å²) in [6.07, 6.45) is 7.50. The fourth-order valence-corrected chi connectivity index (χ4v) is 3.57. The van der Waals surface area contributed by atoms with Crippen molar-refractivity contribution < 1.29 is 4.79 Å². The number of hydrogen-bond donors (Lipinski definition) is 1. The van der Waals surface area contributed by atoms with Gasteiger partial charge in [0.25, 0.3) is 0 Å². The standard InChI is InChI=1S/C15H28N2O/c1-3-12(4-2)13-6-9-17(11-13)14(18)10-15(16)7-5-8-15/h12-13H,3-11,16H2,1-2H3. The van der Waals surface area contributed by atoms with Gasteiger partial charge in [0, 0.05) is 25.0 Å².